The highest BCUT2D eigenvalue weighted by atomic mass is 79.9. The Hall–Kier alpha value is -1.06. The average Bonchev–Trinajstić information content (AvgIpc) is 2.26. The second kappa shape index (κ2) is 4.85. The maximum atomic E-state index is 9.19. The van der Waals surface area contributed by atoms with Crippen molar-refractivity contribution in [3.05, 3.63) is 40.9 Å². The molecule has 0 fully saturated rings. The summed E-state index contributed by atoms with van der Waals surface area (Å²) in [4.78, 5) is 0. The molecule has 2 N–H and O–H groups in total. The number of aliphatic hydroxyl groups is 1. The molecule has 84 valence electrons. The Bertz CT molecular complexity index is 496. The van der Waals surface area contributed by atoms with Gasteiger partial charge in [0, 0.05) is 16.7 Å². The Morgan fingerprint density at radius 1 is 1.19 bits per heavy atom. The fourth-order valence-corrected chi connectivity index (χ4v) is 1.97. The third kappa shape index (κ3) is 2.74. The van der Waals surface area contributed by atoms with Crippen LogP contribution in [0, 0.1) is 0 Å². The maximum Gasteiger partial charge on any atom is 0.0684 e. The molecule has 16 heavy (non-hydrogen) atoms. The molecule has 2 nitrogen and oxygen atoms in total. The SMILES string of the molecule is C[C@@H](O)CNc1ccc2cc(Br)ccc2c1. The second-order valence-electron chi connectivity index (χ2n) is 3.94. The van der Waals surface area contributed by atoms with Gasteiger partial charge in [-0.15, -0.1) is 0 Å². The lowest BCUT2D eigenvalue weighted by atomic mass is 10.1. The van der Waals surface area contributed by atoms with Gasteiger partial charge in [-0.05, 0) is 42.0 Å². The molecule has 2 rings (SSSR count). The van der Waals surface area contributed by atoms with E-state index in [1.54, 1.807) is 6.92 Å². The highest BCUT2D eigenvalue weighted by Gasteiger charge is 1.99. The number of aliphatic hydroxyl groups excluding tert-OH is 1. The molecule has 0 bridgehead atoms. The van der Waals surface area contributed by atoms with E-state index in [1.807, 2.05) is 12.1 Å². The number of anilines is 1. The molecule has 0 heterocycles. The first-order valence-corrected chi connectivity index (χ1v) is 6.06. The van der Waals surface area contributed by atoms with Crippen molar-refractivity contribution in [2.75, 3.05) is 11.9 Å². The topological polar surface area (TPSA) is 32.3 Å². The van der Waals surface area contributed by atoms with Crippen LogP contribution in [-0.2, 0) is 0 Å². The van der Waals surface area contributed by atoms with Gasteiger partial charge in [0.2, 0.25) is 0 Å². The molecule has 3 heteroatoms. The standard InChI is InChI=1S/C13H14BrNO/c1-9(16)8-15-13-5-3-10-6-12(14)4-2-11(10)7-13/h2-7,9,15-16H,8H2,1H3/t9-/m1/s1. The number of fused-ring (bicyclic) bond motifs is 1. The van der Waals surface area contributed by atoms with Crippen LogP contribution < -0.4 is 5.32 Å². The average molecular weight is 280 g/mol. The van der Waals surface area contributed by atoms with Crippen molar-refractivity contribution in [3.8, 4) is 0 Å². The van der Waals surface area contributed by atoms with Gasteiger partial charge in [-0.3, -0.25) is 0 Å². The van der Waals surface area contributed by atoms with E-state index in [2.05, 4.69) is 45.5 Å². The number of hydrogen-bond acceptors (Lipinski definition) is 2. The Labute approximate surface area is 103 Å². The normalized spacial score (nSPS) is 12.7. The maximum absolute atomic E-state index is 9.19. The van der Waals surface area contributed by atoms with Crippen LogP contribution in [0.15, 0.2) is 40.9 Å². The van der Waals surface area contributed by atoms with E-state index in [9.17, 15) is 5.11 Å². The van der Waals surface area contributed by atoms with E-state index in [0.29, 0.717) is 6.54 Å². The summed E-state index contributed by atoms with van der Waals surface area (Å²) >= 11 is 3.45. The first-order chi connectivity index (χ1) is 7.65. The predicted octanol–water partition coefficient (Wildman–Crippen LogP) is 3.40. The zero-order valence-corrected chi connectivity index (χ0v) is 10.7. The van der Waals surface area contributed by atoms with Crippen molar-refractivity contribution in [2.24, 2.45) is 0 Å². The van der Waals surface area contributed by atoms with Crippen LogP contribution in [0.1, 0.15) is 6.92 Å². The van der Waals surface area contributed by atoms with Gasteiger partial charge in [-0.25, -0.2) is 0 Å². The molecule has 1 atom stereocenters. The lowest BCUT2D eigenvalue weighted by Crippen LogP contribution is -2.15. The molecule has 0 aliphatic heterocycles. The molecule has 0 aliphatic carbocycles. The lowest BCUT2D eigenvalue weighted by Gasteiger charge is -2.09. The minimum atomic E-state index is -0.333. The molecule has 0 saturated heterocycles. The monoisotopic (exact) mass is 279 g/mol. The van der Waals surface area contributed by atoms with E-state index in [0.717, 1.165) is 10.2 Å². The molecule has 0 saturated carbocycles. The number of rotatable bonds is 3. The van der Waals surface area contributed by atoms with Crippen molar-refractivity contribution < 1.29 is 5.11 Å². The summed E-state index contributed by atoms with van der Waals surface area (Å²) in [5.74, 6) is 0. The van der Waals surface area contributed by atoms with Gasteiger partial charge in [0.25, 0.3) is 0 Å². The Kier molecular flexibility index (Phi) is 3.46. The van der Waals surface area contributed by atoms with Gasteiger partial charge in [-0.1, -0.05) is 28.1 Å². The summed E-state index contributed by atoms with van der Waals surface area (Å²) in [6, 6.07) is 12.4. The summed E-state index contributed by atoms with van der Waals surface area (Å²) in [6.45, 7) is 2.34. The molecule has 0 spiro atoms. The smallest absolute Gasteiger partial charge is 0.0684 e. The van der Waals surface area contributed by atoms with Gasteiger partial charge in [-0.2, -0.15) is 0 Å². The van der Waals surface area contributed by atoms with Gasteiger partial charge in [0.1, 0.15) is 0 Å². The van der Waals surface area contributed by atoms with E-state index >= 15 is 0 Å². The highest BCUT2D eigenvalue weighted by molar-refractivity contribution is 9.10. The Balaban J connectivity index is 2.26. The van der Waals surface area contributed by atoms with E-state index in [1.165, 1.54) is 10.8 Å². The van der Waals surface area contributed by atoms with Crippen molar-refractivity contribution in [1.82, 2.24) is 0 Å². The van der Waals surface area contributed by atoms with Crippen molar-refractivity contribution in [1.29, 1.82) is 0 Å². The molecule has 2 aromatic rings. The molecule has 2 aromatic carbocycles. The highest BCUT2D eigenvalue weighted by Crippen LogP contribution is 2.22. The van der Waals surface area contributed by atoms with Crippen LogP contribution in [0.25, 0.3) is 10.8 Å². The molecular formula is C13H14BrNO. The third-order valence-corrected chi connectivity index (χ3v) is 2.90. The van der Waals surface area contributed by atoms with Crippen LogP contribution in [0.5, 0.6) is 0 Å². The molecular weight excluding hydrogens is 266 g/mol. The number of nitrogens with one attached hydrogen (secondary N) is 1. The van der Waals surface area contributed by atoms with Crippen molar-refractivity contribution in [3.63, 3.8) is 0 Å². The van der Waals surface area contributed by atoms with E-state index < -0.39 is 0 Å². The van der Waals surface area contributed by atoms with Crippen molar-refractivity contribution in [2.45, 2.75) is 13.0 Å². The summed E-state index contributed by atoms with van der Waals surface area (Å²) in [6.07, 6.45) is -0.333. The van der Waals surface area contributed by atoms with Crippen LogP contribution in [-0.4, -0.2) is 17.8 Å². The first kappa shape index (κ1) is 11.4. The largest absolute Gasteiger partial charge is 0.392 e. The van der Waals surface area contributed by atoms with Gasteiger partial charge in [0.15, 0.2) is 0 Å². The summed E-state index contributed by atoms with van der Waals surface area (Å²) in [7, 11) is 0. The van der Waals surface area contributed by atoms with Crippen LogP contribution in [0.3, 0.4) is 0 Å². The zero-order chi connectivity index (χ0) is 11.5. The van der Waals surface area contributed by atoms with Crippen LogP contribution >= 0.6 is 15.9 Å². The molecule has 0 amide bonds. The minimum absolute atomic E-state index is 0.333. The molecule has 0 aliphatic rings. The van der Waals surface area contributed by atoms with E-state index in [-0.39, 0.29) is 6.10 Å². The first-order valence-electron chi connectivity index (χ1n) is 5.26. The second-order valence-corrected chi connectivity index (χ2v) is 4.85. The fourth-order valence-electron chi connectivity index (χ4n) is 1.59. The van der Waals surface area contributed by atoms with E-state index in [4.69, 9.17) is 0 Å². The van der Waals surface area contributed by atoms with Crippen LogP contribution in [0.4, 0.5) is 5.69 Å². The third-order valence-electron chi connectivity index (χ3n) is 2.40. The predicted molar refractivity (Wildman–Crippen MR) is 71.8 cm³/mol. The zero-order valence-electron chi connectivity index (χ0n) is 9.07. The fraction of sp³-hybridized carbons (Fsp3) is 0.231. The van der Waals surface area contributed by atoms with Crippen LogP contribution in [0.2, 0.25) is 0 Å². The Morgan fingerprint density at radius 2 is 1.88 bits per heavy atom. The number of hydrogen-bond donors (Lipinski definition) is 2. The quantitative estimate of drug-likeness (QED) is 0.903. The van der Waals surface area contributed by atoms with Crippen molar-refractivity contribution >= 4 is 32.4 Å². The summed E-state index contributed by atoms with van der Waals surface area (Å²) in [5.41, 5.74) is 1.04. The minimum Gasteiger partial charge on any atom is -0.392 e. The summed E-state index contributed by atoms with van der Waals surface area (Å²) in [5, 5.41) is 14.8. The number of halogens is 1. The summed E-state index contributed by atoms with van der Waals surface area (Å²) < 4.78 is 1.09. The molecule has 0 radical (unpaired) electrons. The number of benzene rings is 2. The van der Waals surface area contributed by atoms with Gasteiger partial charge < -0.3 is 10.4 Å². The Morgan fingerprint density at radius 3 is 2.62 bits per heavy atom. The molecule has 0 aromatic heterocycles. The van der Waals surface area contributed by atoms with Gasteiger partial charge in [0.05, 0.1) is 6.10 Å². The van der Waals surface area contributed by atoms with Gasteiger partial charge >= 0.3 is 0 Å². The molecule has 0 unspecified atom stereocenters. The lowest BCUT2D eigenvalue weighted by molar-refractivity contribution is 0.208.